The molecule has 188 valence electrons. The van der Waals surface area contributed by atoms with Crippen LogP contribution in [0.4, 0.5) is 10.7 Å². The smallest absolute Gasteiger partial charge is 0.444 e. The van der Waals surface area contributed by atoms with Gasteiger partial charge in [-0.3, -0.25) is 4.79 Å². The topological polar surface area (TPSA) is 106 Å². The highest BCUT2D eigenvalue weighted by atomic mass is 16.7. The monoisotopic (exact) mass is 475 g/mol. The molecule has 0 aromatic carbocycles. The molecule has 3 rings (SSSR count). The van der Waals surface area contributed by atoms with E-state index in [1.54, 1.807) is 45.0 Å². The van der Waals surface area contributed by atoms with Gasteiger partial charge in [0.25, 0.3) is 0 Å². The van der Waals surface area contributed by atoms with Crippen molar-refractivity contribution in [1.29, 1.82) is 0 Å². The van der Waals surface area contributed by atoms with Crippen molar-refractivity contribution in [3.05, 3.63) is 12.4 Å². The first-order chi connectivity index (χ1) is 15.6. The zero-order valence-corrected chi connectivity index (χ0v) is 21.8. The van der Waals surface area contributed by atoms with Crippen molar-refractivity contribution in [2.75, 3.05) is 24.5 Å². The molecule has 2 aliphatic heterocycles. The van der Waals surface area contributed by atoms with E-state index >= 15 is 0 Å². The van der Waals surface area contributed by atoms with E-state index in [0.717, 1.165) is 5.46 Å². The number of hydrogen-bond donors (Lipinski definition) is 1. The van der Waals surface area contributed by atoms with Gasteiger partial charge in [-0.1, -0.05) is 0 Å². The molecule has 1 aromatic rings. The van der Waals surface area contributed by atoms with E-state index in [1.807, 2.05) is 34.6 Å². The summed E-state index contributed by atoms with van der Waals surface area (Å²) in [6.07, 6.45) is 2.87. The number of alkyl carbamates (subject to hydrolysis) is 1. The van der Waals surface area contributed by atoms with E-state index in [0.29, 0.717) is 25.6 Å². The maximum absolute atomic E-state index is 12.9. The zero-order chi connectivity index (χ0) is 25.5. The van der Waals surface area contributed by atoms with Gasteiger partial charge in [0.05, 0.1) is 11.2 Å². The molecule has 0 bridgehead atoms. The van der Waals surface area contributed by atoms with E-state index in [1.165, 1.54) is 0 Å². The SMILES string of the molecule is CC(NC(=O)OC(C)(C)C)C(=O)N1CCN(c2ncc(B3OC(C)(C)C(C)(C)O3)cn2)C(C)C1. The van der Waals surface area contributed by atoms with Gasteiger partial charge in [0.15, 0.2) is 0 Å². The molecule has 0 saturated carbocycles. The molecule has 0 aliphatic carbocycles. The Morgan fingerprint density at radius 1 is 1.15 bits per heavy atom. The number of ether oxygens (including phenoxy) is 1. The van der Waals surface area contributed by atoms with Gasteiger partial charge in [0.2, 0.25) is 11.9 Å². The van der Waals surface area contributed by atoms with Crippen LogP contribution in [-0.2, 0) is 18.8 Å². The van der Waals surface area contributed by atoms with Gasteiger partial charge >= 0.3 is 13.2 Å². The van der Waals surface area contributed by atoms with Crippen LogP contribution in [0.3, 0.4) is 0 Å². The third-order valence-corrected chi connectivity index (χ3v) is 6.48. The summed E-state index contributed by atoms with van der Waals surface area (Å²) in [6, 6.07) is -0.668. The molecular formula is C23H38BN5O5. The first kappa shape index (κ1) is 26.2. The number of carbonyl (C=O) groups excluding carboxylic acids is 2. The van der Waals surface area contributed by atoms with Gasteiger partial charge in [-0.05, 0) is 62.3 Å². The van der Waals surface area contributed by atoms with Crippen molar-refractivity contribution < 1.29 is 23.6 Å². The molecule has 34 heavy (non-hydrogen) atoms. The summed E-state index contributed by atoms with van der Waals surface area (Å²) in [7, 11) is -0.509. The van der Waals surface area contributed by atoms with Crippen LogP contribution < -0.4 is 15.7 Å². The fraction of sp³-hybridized carbons (Fsp3) is 0.739. The minimum atomic E-state index is -0.677. The van der Waals surface area contributed by atoms with Crippen molar-refractivity contribution in [3.63, 3.8) is 0 Å². The fourth-order valence-electron chi connectivity index (χ4n) is 3.86. The number of piperazine rings is 1. The second-order valence-corrected chi connectivity index (χ2v) is 11.1. The summed E-state index contributed by atoms with van der Waals surface area (Å²) >= 11 is 0. The molecule has 0 radical (unpaired) electrons. The number of anilines is 1. The Morgan fingerprint density at radius 3 is 2.21 bits per heavy atom. The largest absolute Gasteiger partial charge is 0.498 e. The first-order valence-corrected chi connectivity index (χ1v) is 11.8. The average Bonchev–Trinajstić information content (AvgIpc) is 2.93. The lowest BCUT2D eigenvalue weighted by Crippen LogP contribution is -2.58. The van der Waals surface area contributed by atoms with Crippen LogP contribution in [0, 0.1) is 0 Å². The Morgan fingerprint density at radius 2 is 1.71 bits per heavy atom. The van der Waals surface area contributed by atoms with Crippen LogP contribution in [-0.4, -0.2) is 82.5 Å². The average molecular weight is 475 g/mol. The quantitative estimate of drug-likeness (QED) is 0.657. The molecule has 1 N–H and O–H groups in total. The highest BCUT2D eigenvalue weighted by molar-refractivity contribution is 6.61. The second kappa shape index (κ2) is 9.33. The fourth-order valence-corrected chi connectivity index (χ4v) is 3.86. The summed E-state index contributed by atoms with van der Waals surface area (Å²) in [5.74, 6) is 0.453. The third-order valence-electron chi connectivity index (χ3n) is 6.48. The molecule has 1 aromatic heterocycles. The Hall–Kier alpha value is -2.40. The lowest BCUT2D eigenvalue weighted by Gasteiger charge is -2.40. The number of amides is 2. The standard InChI is InChI=1S/C23H38BN5O5/c1-15-14-28(18(30)16(2)27-20(31)32-21(3,4)5)10-11-29(15)19-25-12-17(13-26-19)24-33-22(6,7)23(8,9)34-24/h12-13,15-16H,10-11,14H2,1-9H3,(H,27,31). The van der Waals surface area contributed by atoms with E-state index < -0.39 is 36.1 Å². The normalized spacial score (nSPS) is 23.0. The highest BCUT2D eigenvalue weighted by Gasteiger charge is 2.52. The van der Waals surface area contributed by atoms with E-state index in [9.17, 15) is 9.59 Å². The maximum atomic E-state index is 12.9. The molecule has 2 unspecified atom stereocenters. The van der Waals surface area contributed by atoms with Gasteiger partial charge in [0.1, 0.15) is 11.6 Å². The van der Waals surface area contributed by atoms with Crippen LogP contribution in [0.1, 0.15) is 62.3 Å². The van der Waals surface area contributed by atoms with Crippen molar-refractivity contribution in [1.82, 2.24) is 20.2 Å². The highest BCUT2D eigenvalue weighted by Crippen LogP contribution is 2.36. The van der Waals surface area contributed by atoms with Crippen LogP contribution in [0.15, 0.2) is 12.4 Å². The van der Waals surface area contributed by atoms with Crippen LogP contribution in [0.25, 0.3) is 0 Å². The van der Waals surface area contributed by atoms with Crippen LogP contribution in [0.5, 0.6) is 0 Å². The van der Waals surface area contributed by atoms with Gasteiger partial charge in [-0.25, -0.2) is 14.8 Å². The Labute approximate surface area is 202 Å². The van der Waals surface area contributed by atoms with Gasteiger partial charge in [0, 0.05) is 43.5 Å². The van der Waals surface area contributed by atoms with Crippen molar-refractivity contribution >= 4 is 30.5 Å². The van der Waals surface area contributed by atoms with Gasteiger partial charge < -0.3 is 29.2 Å². The number of rotatable bonds is 4. The molecule has 2 atom stereocenters. The predicted molar refractivity (Wildman–Crippen MR) is 130 cm³/mol. The second-order valence-electron chi connectivity index (χ2n) is 11.1. The summed E-state index contributed by atoms with van der Waals surface area (Å²) in [6.45, 7) is 18.7. The Bertz CT molecular complexity index is 886. The summed E-state index contributed by atoms with van der Waals surface area (Å²) < 4.78 is 17.4. The Balaban J connectivity index is 1.57. The summed E-state index contributed by atoms with van der Waals surface area (Å²) in [4.78, 5) is 37.8. The molecule has 11 heteroatoms. The number of carbonyl (C=O) groups is 2. The van der Waals surface area contributed by atoms with Crippen LogP contribution >= 0.6 is 0 Å². The van der Waals surface area contributed by atoms with E-state index in [4.69, 9.17) is 14.0 Å². The van der Waals surface area contributed by atoms with Gasteiger partial charge in [-0.15, -0.1) is 0 Å². The molecule has 2 amide bonds. The molecule has 3 heterocycles. The summed E-state index contributed by atoms with van der Waals surface area (Å²) in [5.41, 5.74) is -0.705. The number of nitrogens with one attached hydrogen (secondary N) is 1. The number of nitrogens with zero attached hydrogens (tertiary/aromatic N) is 4. The molecule has 2 aliphatic rings. The molecule has 2 fully saturated rings. The van der Waals surface area contributed by atoms with Crippen molar-refractivity contribution in [2.45, 2.75) is 91.2 Å². The predicted octanol–water partition coefficient (Wildman–Crippen LogP) is 1.73. The third kappa shape index (κ3) is 5.80. The molecule has 0 spiro atoms. The Kier molecular flexibility index (Phi) is 7.20. The van der Waals surface area contributed by atoms with E-state index in [-0.39, 0.29) is 11.9 Å². The lowest BCUT2D eigenvalue weighted by atomic mass is 9.81. The minimum absolute atomic E-state index is 0.00845. The maximum Gasteiger partial charge on any atom is 0.498 e. The minimum Gasteiger partial charge on any atom is -0.444 e. The number of aromatic nitrogens is 2. The first-order valence-electron chi connectivity index (χ1n) is 11.8. The molecule has 2 saturated heterocycles. The number of hydrogen-bond acceptors (Lipinski definition) is 8. The zero-order valence-electron chi connectivity index (χ0n) is 21.8. The van der Waals surface area contributed by atoms with Crippen LogP contribution in [0.2, 0.25) is 0 Å². The van der Waals surface area contributed by atoms with Crippen molar-refractivity contribution in [3.8, 4) is 0 Å². The summed E-state index contributed by atoms with van der Waals surface area (Å²) in [5, 5.41) is 2.62. The van der Waals surface area contributed by atoms with E-state index in [2.05, 4.69) is 20.2 Å². The van der Waals surface area contributed by atoms with Gasteiger partial charge in [-0.2, -0.15) is 0 Å². The molecular weight excluding hydrogens is 437 g/mol. The lowest BCUT2D eigenvalue weighted by molar-refractivity contribution is -0.133. The molecule has 10 nitrogen and oxygen atoms in total. The van der Waals surface area contributed by atoms with Crippen molar-refractivity contribution in [2.24, 2.45) is 0 Å².